The van der Waals surface area contributed by atoms with Crippen LogP contribution in [-0.4, -0.2) is 11.0 Å². The number of rotatable bonds is 4. The van der Waals surface area contributed by atoms with Crippen LogP contribution in [0.25, 0.3) is 0 Å². The van der Waals surface area contributed by atoms with Crippen LogP contribution in [0.3, 0.4) is 0 Å². The smallest absolute Gasteiger partial charge is 0.123 e. The molecule has 84 valence electrons. The van der Waals surface area contributed by atoms with Crippen molar-refractivity contribution >= 4 is 5.82 Å². The van der Waals surface area contributed by atoms with E-state index in [0.29, 0.717) is 5.82 Å². The molecule has 1 aromatic heterocycles. The Balaban J connectivity index is 2.68. The van der Waals surface area contributed by atoms with Crippen LogP contribution in [0.4, 0.5) is 5.82 Å². The van der Waals surface area contributed by atoms with E-state index in [1.54, 1.807) is 6.20 Å². The summed E-state index contributed by atoms with van der Waals surface area (Å²) in [5, 5.41) is 0. The van der Waals surface area contributed by atoms with Crippen molar-refractivity contribution in [1.29, 1.82) is 0 Å². The molecule has 0 aliphatic heterocycles. The number of pyridine rings is 1. The Morgan fingerprint density at radius 3 is 2.67 bits per heavy atom. The summed E-state index contributed by atoms with van der Waals surface area (Å²) in [5.41, 5.74) is 12.9. The van der Waals surface area contributed by atoms with Crippen molar-refractivity contribution in [1.82, 2.24) is 4.98 Å². The topological polar surface area (TPSA) is 64.9 Å². The summed E-state index contributed by atoms with van der Waals surface area (Å²) in [6, 6.07) is 4.18. The van der Waals surface area contributed by atoms with E-state index in [2.05, 4.69) is 18.8 Å². The molecule has 0 spiro atoms. The number of hydrogen-bond acceptors (Lipinski definition) is 3. The lowest BCUT2D eigenvalue weighted by Gasteiger charge is -2.26. The molecule has 1 atom stereocenters. The lowest BCUT2D eigenvalue weighted by atomic mass is 9.81. The largest absolute Gasteiger partial charge is 0.384 e. The average molecular weight is 207 g/mol. The van der Waals surface area contributed by atoms with Crippen molar-refractivity contribution < 1.29 is 0 Å². The van der Waals surface area contributed by atoms with Gasteiger partial charge in [-0.2, -0.15) is 0 Å². The third-order valence-corrected chi connectivity index (χ3v) is 2.40. The predicted molar refractivity (Wildman–Crippen MR) is 64.4 cm³/mol. The minimum atomic E-state index is 0.210. The molecule has 1 unspecified atom stereocenters. The van der Waals surface area contributed by atoms with Gasteiger partial charge in [0.25, 0.3) is 0 Å². The number of anilines is 1. The van der Waals surface area contributed by atoms with Crippen molar-refractivity contribution in [2.45, 2.75) is 39.7 Å². The molecule has 4 N–H and O–H groups in total. The molecular weight excluding hydrogens is 186 g/mol. The van der Waals surface area contributed by atoms with Gasteiger partial charge >= 0.3 is 0 Å². The van der Waals surface area contributed by atoms with Crippen molar-refractivity contribution in [3.05, 3.63) is 23.9 Å². The zero-order valence-corrected chi connectivity index (χ0v) is 9.83. The molecule has 0 radical (unpaired) electrons. The summed E-state index contributed by atoms with van der Waals surface area (Å²) < 4.78 is 0. The summed E-state index contributed by atoms with van der Waals surface area (Å²) in [6.45, 7) is 6.50. The average Bonchev–Trinajstić information content (AvgIpc) is 1.99. The lowest BCUT2D eigenvalue weighted by molar-refractivity contribution is 0.309. The summed E-state index contributed by atoms with van der Waals surface area (Å²) in [4.78, 5) is 3.98. The molecule has 3 heteroatoms. The van der Waals surface area contributed by atoms with Crippen LogP contribution in [0.2, 0.25) is 0 Å². The summed E-state index contributed by atoms with van der Waals surface area (Å²) in [5.74, 6) is 0.587. The quantitative estimate of drug-likeness (QED) is 0.793. The SMILES string of the molecule is CC(N)CC(C)(C)Cc1ccnc(N)c1. The molecule has 0 saturated carbocycles. The molecule has 0 amide bonds. The van der Waals surface area contributed by atoms with E-state index in [1.807, 2.05) is 19.1 Å². The zero-order valence-electron chi connectivity index (χ0n) is 9.83. The third-order valence-electron chi connectivity index (χ3n) is 2.40. The second-order valence-electron chi connectivity index (χ2n) is 5.11. The standard InChI is InChI=1S/C12H21N3/c1-9(13)7-12(2,3)8-10-4-5-15-11(14)6-10/h4-6,9H,7-8,13H2,1-3H3,(H2,14,15). The first kappa shape index (κ1) is 12.0. The van der Waals surface area contributed by atoms with E-state index in [1.165, 1.54) is 5.56 Å². The van der Waals surface area contributed by atoms with Gasteiger partial charge in [-0.15, -0.1) is 0 Å². The van der Waals surface area contributed by atoms with Crippen molar-refractivity contribution in [3.63, 3.8) is 0 Å². The number of aromatic nitrogens is 1. The second kappa shape index (κ2) is 4.62. The Kier molecular flexibility index (Phi) is 3.69. The Hall–Kier alpha value is -1.09. The Morgan fingerprint density at radius 2 is 2.13 bits per heavy atom. The number of nitrogens with zero attached hydrogens (tertiary/aromatic N) is 1. The van der Waals surface area contributed by atoms with E-state index in [-0.39, 0.29) is 11.5 Å². The fourth-order valence-corrected chi connectivity index (χ4v) is 2.10. The van der Waals surface area contributed by atoms with Gasteiger partial charge in [0.1, 0.15) is 5.82 Å². The maximum Gasteiger partial charge on any atom is 0.123 e. The fraction of sp³-hybridized carbons (Fsp3) is 0.583. The molecule has 0 aromatic carbocycles. The van der Waals surface area contributed by atoms with Crippen molar-refractivity contribution in [3.8, 4) is 0 Å². The molecule has 3 nitrogen and oxygen atoms in total. The lowest BCUT2D eigenvalue weighted by Crippen LogP contribution is -2.26. The second-order valence-corrected chi connectivity index (χ2v) is 5.11. The van der Waals surface area contributed by atoms with Gasteiger partial charge in [0.15, 0.2) is 0 Å². The monoisotopic (exact) mass is 207 g/mol. The van der Waals surface area contributed by atoms with Gasteiger partial charge in [-0.05, 0) is 42.9 Å². The third kappa shape index (κ3) is 4.30. The van der Waals surface area contributed by atoms with Crippen LogP contribution in [0.5, 0.6) is 0 Å². The van der Waals surface area contributed by atoms with E-state index in [4.69, 9.17) is 11.5 Å². The molecule has 1 heterocycles. The molecular formula is C12H21N3. The van der Waals surface area contributed by atoms with E-state index >= 15 is 0 Å². The molecule has 0 aliphatic rings. The highest BCUT2D eigenvalue weighted by molar-refractivity contribution is 5.32. The van der Waals surface area contributed by atoms with E-state index in [0.717, 1.165) is 12.8 Å². The highest BCUT2D eigenvalue weighted by Gasteiger charge is 2.20. The van der Waals surface area contributed by atoms with Gasteiger partial charge in [-0.25, -0.2) is 4.98 Å². The number of hydrogen-bond donors (Lipinski definition) is 2. The van der Waals surface area contributed by atoms with Gasteiger partial charge in [0.05, 0.1) is 0 Å². The van der Waals surface area contributed by atoms with Gasteiger partial charge < -0.3 is 11.5 Å². The molecule has 15 heavy (non-hydrogen) atoms. The predicted octanol–water partition coefficient (Wildman–Crippen LogP) is 1.97. The van der Waals surface area contributed by atoms with Crippen LogP contribution in [0.1, 0.15) is 32.8 Å². The van der Waals surface area contributed by atoms with Crippen LogP contribution in [-0.2, 0) is 6.42 Å². The van der Waals surface area contributed by atoms with Gasteiger partial charge in [-0.3, -0.25) is 0 Å². The van der Waals surface area contributed by atoms with Gasteiger partial charge in [-0.1, -0.05) is 13.8 Å². The Morgan fingerprint density at radius 1 is 1.47 bits per heavy atom. The summed E-state index contributed by atoms with van der Waals surface area (Å²) in [6.07, 6.45) is 3.75. The van der Waals surface area contributed by atoms with Crippen LogP contribution < -0.4 is 11.5 Å². The molecule has 1 aromatic rings. The highest BCUT2D eigenvalue weighted by atomic mass is 14.8. The molecule has 0 fully saturated rings. The van der Waals surface area contributed by atoms with Crippen LogP contribution in [0.15, 0.2) is 18.3 Å². The molecule has 0 bridgehead atoms. The number of nitrogens with two attached hydrogens (primary N) is 2. The van der Waals surface area contributed by atoms with Crippen LogP contribution in [0, 0.1) is 5.41 Å². The highest BCUT2D eigenvalue weighted by Crippen LogP contribution is 2.27. The molecule has 0 saturated heterocycles. The minimum absolute atomic E-state index is 0.210. The maximum absolute atomic E-state index is 5.83. The van der Waals surface area contributed by atoms with E-state index < -0.39 is 0 Å². The van der Waals surface area contributed by atoms with Gasteiger partial charge in [0.2, 0.25) is 0 Å². The molecule has 1 rings (SSSR count). The molecule has 0 aliphatic carbocycles. The Bertz CT molecular complexity index is 318. The number of nitrogen functional groups attached to an aromatic ring is 1. The fourth-order valence-electron chi connectivity index (χ4n) is 2.10. The van der Waals surface area contributed by atoms with E-state index in [9.17, 15) is 0 Å². The summed E-state index contributed by atoms with van der Waals surface area (Å²) >= 11 is 0. The summed E-state index contributed by atoms with van der Waals surface area (Å²) in [7, 11) is 0. The van der Waals surface area contributed by atoms with Crippen molar-refractivity contribution in [2.24, 2.45) is 11.1 Å². The van der Waals surface area contributed by atoms with Gasteiger partial charge in [0, 0.05) is 12.2 Å². The first-order valence-corrected chi connectivity index (χ1v) is 5.35. The maximum atomic E-state index is 5.83. The van der Waals surface area contributed by atoms with Crippen LogP contribution >= 0.6 is 0 Å². The first-order chi connectivity index (χ1) is 6.89. The zero-order chi connectivity index (χ0) is 11.5. The first-order valence-electron chi connectivity index (χ1n) is 5.35. The van der Waals surface area contributed by atoms with Crippen molar-refractivity contribution in [2.75, 3.05) is 5.73 Å². The normalized spacial score (nSPS) is 13.9. The minimum Gasteiger partial charge on any atom is -0.384 e. The Labute approximate surface area is 91.9 Å².